The van der Waals surface area contributed by atoms with E-state index in [9.17, 15) is 4.79 Å². The summed E-state index contributed by atoms with van der Waals surface area (Å²) in [5.41, 5.74) is 3.72. The molecule has 0 unspecified atom stereocenters. The maximum atomic E-state index is 11.1. The summed E-state index contributed by atoms with van der Waals surface area (Å²) in [6.45, 7) is 4.50. The second-order valence-corrected chi connectivity index (χ2v) is 4.65. The van der Waals surface area contributed by atoms with Crippen LogP contribution < -0.4 is 0 Å². The SMILES string of the molecule is Cc1noc(C)c1Cn1cc(C=O)c2ccccc21. The Morgan fingerprint density at radius 3 is 2.79 bits per heavy atom. The number of benzene rings is 1. The number of aldehydes is 1. The number of aryl methyl sites for hydroxylation is 2. The van der Waals surface area contributed by atoms with Gasteiger partial charge in [0.25, 0.3) is 0 Å². The zero-order chi connectivity index (χ0) is 13.4. The first-order chi connectivity index (χ1) is 9.20. The van der Waals surface area contributed by atoms with Crippen molar-refractivity contribution in [2.24, 2.45) is 0 Å². The third kappa shape index (κ3) is 1.85. The van der Waals surface area contributed by atoms with Crippen molar-refractivity contribution >= 4 is 17.2 Å². The van der Waals surface area contributed by atoms with Crippen molar-refractivity contribution in [1.29, 1.82) is 0 Å². The molecule has 0 aliphatic rings. The lowest BCUT2D eigenvalue weighted by atomic mass is 10.2. The van der Waals surface area contributed by atoms with Gasteiger partial charge in [0.15, 0.2) is 6.29 Å². The molecule has 0 saturated heterocycles. The van der Waals surface area contributed by atoms with Crippen LogP contribution in [0.1, 0.15) is 27.4 Å². The summed E-state index contributed by atoms with van der Waals surface area (Å²) in [6.07, 6.45) is 2.77. The molecule has 19 heavy (non-hydrogen) atoms. The topological polar surface area (TPSA) is 48.0 Å². The Balaban J connectivity index is 2.13. The summed E-state index contributed by atoms with van der Waals surface area (Å²) in [4.78, 5) is 11.1. The zero-order valence-corrected chi connectivity index (χ0v) is 10.9. The minimum absolute atomic E-state index is 0.662. The summed E-state index contributed by atoms with van der Waals surface area (Å²) >= 11 is 0. The fourth-order valence-electron chi connectivity index (χ4n) is 2.40. The molecule has 3 rings (SSSR count). The molecule has 0 amide bonds. The molecule has 1 aromatic carbocycles. The van der Waals surface area contributed by atoms with Crippen molar-refractivity contribution < 1.29 is 9.32 Å². The van der Waals surface area contributed by atoms with Gasteiger partial charge in [0.1, 0.15) is 5.76 Å². The van der Waals surface area contributed by atoms with Gasteiger partial charge in [-0.05, 0) is 19.9 Å². The Morgan fingerprint density at radius 2 is 2.11 bits per heavy atom. The van der Waals surface area contributed by atoms with Crippen LogP contribution in [-0.4, -0.2) is 16.0 Å². The van der Waals surface area contributed by atoms with E-state index in [-0.39, 0.29) is 0 Å². The van der Waals surface area contributed by atoms with E-state index in [4.69, 9.17) is 4.52 Å². The molecule has 0 bridgehead atoms. The largest absolute Gasteiger partial charge is 0.361 e. The van der Waals surface area contributed by atoms with E-state index in [0.717, 1.165) is 34.2 Å². The molecule has 0 N–H and O–H groups in total. The minimum atomic E-state index is 0.662. The predicted octanol–water partition coefficient (Wildman–Crippen LogP) is 3.11. The van der Waals surface area contributed by atoms with Gasteiger partial charge in [-0.25, -0.2) is 0 Å². The Kier molecular flexibility index (Phi) is 2.71. The molecule has 96 valence electrons. The van der Waals surface area contributed by atoms with Gasteiger partial charge in [-0.1, -0.05) is 23.4 Å². The number of aromatic nitrogens is 2. The molecule has 3 aromatic rings. The third-order valence-corrected chi connectivity index (χ3v) is 3.46. The summed E-state index contributed by atoms with van der Waals surface area (Å²) in [5, 5.41) is 4.94. The van der Waals surface area contributed by atoms with E-state index < -0.39 is 0 Å². The lowest BCUT2D eigenvalue weighted by molar-refractivity contribution is 0.112. The van der Waals surface area contributed by atoms with Gasteiger partial charge in [-0.15, -0.1) is 0 Å². The fraction of sp³-hybridized carbons (Fsp3) is 0.200. The second kappa shape index (κ2) is 4.39. The molecule has 0 spiro atoms. The van der Waals surface area contributed by atoms with Crippen molar-refractivity contribution in [3.63, 3.8) is 0 Å². The monoisotopic (exact) mass is 254 g/mol. The maximum Gasteiger partial charge on any atom is 0.152 e. The minimum Gasteiger partial charge on any atom is -0.361 e. The maximum absolute atomic E-state index is 11.1. The normalized spacial score (nSPS) is 11.1. The predicted molar refractivity (Wildman–Crippen MR) is 72.4 cm³/mol. The lowest BCUT2D eigenvalue weighted by Crippen LogP contribution is -2.00. The van der Waals surface area contributed by atoms with Crippen LogP contribution in [0.15, 0.2) is 35.0 Å². The second-order valence-electron chi connectivity index (χ2n) is 4.65. The van der Waals surface area contributed by atoms with Gasteiger partial charge in [0, 0.05) is 28.2 Å². The summed E-state index contributed by atoms with van der Waals surface area (Å²) in [5.74, 6) is 0.822. The highest BCUT2D eigenvalue weighted by atomic mass is 16.5. The van der Waals surface area contributed by atoms with Crippen LogP contribution in [0.25, 0.3) is 10.9 Å². The molecule has 0 aliphatic carbocycles. The molecule has 0 saturated carbocycles. The van der Waals surface area contributed by atoms with E-state index >= 15 is 0 Å². The highest BCUT2D eigenvalue weighted by Crippen LogP contribution is 2.22. The zero-order valence-electron chi connectivity index (χ0n) is 10.9. The number of hydrogen-bond acceptors (Lipinski definition) is 3. The summed E-state index contributed by atoms with van der Waals surface area (Å²) < 4.78 is 7.24. The number of hydrogen-bond donors (Lipinski definition) is 0. The number of para-hydroxylation sites is 1. The molecular weight excluding hydrogens is 240 g/mol. The van der Waals surface area contributed by atoms with E-state index in [2.05, 4.69) is 9.72 Å². The smallest absolute Gasteiger partial charge is 0.152 e. The van der Waals surface area contributed by atoms with Crippen molar-refractivity contribution in [2.45, 2.75) is 20.4 Å². The van der Waals surface area contributed by atoms with Gasteiger partial charge in [0.05, 0.1) is 12.2 Å². The number of nitrogens with zero attached hydrogens (tertiary/aromatic N) is 2. The van der Waals surface area contributed by atoms with Gasteiger partial charge in [0.2, 0.25) is 0 Å². The van der Waals surface area contributed by atoms with Crippen molar-refractivity contribution in [1.82, 2.24) is 9.72 Å². The Labute approximate surface area is 110 Å². The standard InChI is InChI=1S/C15H14N2O2/c1-10-14(11(2)19-16-10)8-17-7-12(9-18)13-5-3-4-6-15(13)17/h3-7,9H,8H2,1-2H3. The Bertz CT molecular complexity index is 733. The van der Waals surface area contributed by atoms with Crippen LogP contribution in [-0.2, 0) is 6.54 Å². The van der Waals surface area contributed by atoms with E-state index in [1.165, 1.54) is 0 Å². The first-order valence-corrected chi connectivity index (χ1v) is 6.15. The summed E-state index contributed by atoms with van der Waals surface area (Å²) in [6, 6.07) is 7.89. The molecule has 0 radical (unpaired) electrons. The third-order valence-electron chi connectivity index (χ3n) is 3.46. The lowest BCUT2D eigenvalue weighted by Gasteiger charge is -2.04. The molecule has 0 fully saturated rings. The number of fused-ring (bicyclic) bond motifs is 1. The van der Waals surface area contributed by atoms with Gasteiger partial charge < -0.3 is 9.09 Å². The highest BCUT2D eigenvalue weighted by Gasteiger charge is 2.12. The van der Waals surface area contributed by atoms with Crippen LogP contribution >= 0.6 is 0 Å². The van der Waals surface area contributed by atoms with Crippen molar-refractivity contribution in [3.8, 4) is 0 Å². The molecule has 4 heteroatoms. The van der Waals surface area contributed by atoms with Gasteiger partial charge in [-0.3, -0.25) is 4.79 Å². The molecule has 4 nitrogen and oxygen atoms in total. The quantitative estimate of drug-likeness (QED) is 0.675. The van der Waals surface area contributed by atoms with Crippen molar-refractivity contribution in [3.05, 3.63) is 53.0 Å². The number of carbonyl (C=O) groups excluding carboxylic acids is 1. The van der Waals surface area contributed by atoms with Crippen LogP contribution in [0.2, 0.25) is 0 Å². The Morgan fingerprint density at radius 1 is 1.32 bits per heavy atom. The Hall–Kier alpha value is -2.36. The van der Waals surface area contributed by atoms with E-state index in [1.54, 1.807) is 0 Å². The molecule has 2 aromatic heterocycles. The molecule has 2 heterocycles. The highest BCUT2D eigenvalue weighted by molar-refractivity contribution is 5.97. The van der Waals surface area contributed by atoms with Crippen molar-refractivity contribution in [2.75, 3.05) is 0 Å². The van der Waals surface area contributed by atoms with Gasteiger partial charge >= 0.3 is 0 Å². The number of rotatable bonds is 3. The van der Waals surface area contributed by atoms with Crippen LogP contribution in [0.5, 0.6) is 0 Å². The average molecular weight is 254 g/mol. The average Bonchev–Trinajstić information content (AvgIpc) is 2.94. The first kappa shape index (κ1) is 11.7. The molecule has 0 atom stereocenters. The molecule has 0 aliphatic heterocycles. The van der Waals surface area contributed by atoms with Crippen LogP contribution in [0.4, 0.5) is 0 Å². The van der Waals surface area contributed by atoms with Gasteiger partial charge in [-0.2, -0.15) is 0 Å². The molecular formula is C15H14N2O2. The first-order valence-electron chi connectivity index (χ1n) is 6.15. The fourth-order valence-corrected chi connectivity index (χ4v) is 2.40. The van der Waals surface area contributed by atoms with E-state index in [1.807, 2.05) is 44.3 Å². The number of carbonyl (C=O) groups is 1. The van der Waals surface area contributed by atoms with Crippen LogP contribution in [0, 0.1) is 13.8 Å². The van der Waals surface area contributed by atoms with Crippen LogP contribution in [0.3, 0.4) is 0 Å². The van der Waals surface area contributed by atoms with E-state index in [0.29, 0.717) is 12.1 Å². The summed E-state index contributed by atoms with van der Waals surface area (Å²) in [7, 11) is 0.